The number of rotatable bonds is 2. The zero-order valence-electron chi connectivity index (χ0n) is 10.1. The lowest BCUT2D eigenvalue weighted by atomic mass is 10.1. The topological polar surface area (TPSA) is 38.9 Å². The Hall–Kier alpha value is -1.64. The predicted molar refractivity (Wildman–Crippen MR) is 63.3 cm³/mol. The van der Waals surface area contributed by atoms with Crippen LogP contribution in [0.3, 0.4) is 0 Å². The maximum Gasteiger partial charge on any atom is 0.258 e. The van der Waals surface area contributed by atoms with Gasteiger partial charge in [0.05, 0.1) is 0 Å². The molecule has 0 aliphatic heterocycles. The Morgan fingerprint density at radius 3 is 2.50 bits per heavy atom. The van der Waals surface area contributed by atoms with E-state index in [-0.39, 0.29) is 0 Å². The summed E-state index contributed by atoms with van der Waals surface area (Å²) in [6.45, 7) is 8.24. The van der Waals surface area contributed by atoms with Gasteiger partial charge in [0.1, 0.15) is 0 Å². The first-order valence-electron chi connectivity index (χ1n) is 5.49. The zero-order valence-corrected chi connectivity index (χ0v) is 10.1. The molecule has 0 unspecified atom stereocenters. The first-order chi connectivity index (χ1) is 7.58. The van der Waals surface area contributed by atoms with Crippen molar-refractivity contribution in [3.63, 3.8) is 0 Å². The molecule has 0 bridgehead atoms. The number of aryl methyl sites for hydroxylation is 2. The molecule has 0 atom stereocenters. The molecule has 84 valence electrons. The van der Waals surface area contributed by atoms with Crippen LogP contribution in [0.1, 0.15) is 36.7 Å². The number of benzene rings is 1. The summed E-state index contributed by atoms with van der Waals surface area (Å²) in [5.41, 5.74) is 3.42. The molecule has 1 aromatic carbocycles. The van der Waals surface area contributed by atoms with Crippen LogP contribution >= 0.6 is 0 Å². The van der Waals surface area contributed by atoms with Crippen molar-refractivity contribution < 1.29 is 4.52 Å². The molecule has 16 heavy (non-hydrogen) atoms. The van der Waals surface area contributed by atoms with E-state index in [1.165, 1.54) is 11.1 Å². The molecule has 3 nitrogen and oxygen atoms in total. The van der Waals surface area contributed by atoms with Gasteiger partial charge in [-0.3, -0.25) is 0 Å². The van der Waals surface area contributed by atoms with E-state index in [4.69, 9.17) is 4.52 Å². The molecule has 0 N–H and O–H groups in total. The van der Waals surface area contributed by atoms with E-state index >= 15 is 0 Å². The summed E-state index contributed by atoms with van der Waals surface area (Å²) in [4.78, 5) is 4.39. The molecule has 2 rings (SSSR count). The lowest BCUT2D eigenvalue weighted by Gasteiger charge is -2.01. The van der Waals surface area contributed by atoms with E-state index in [0.29, 0.717) is 11.8 Å². The van der Waals surface area contributed by atoms with E-state index in [1.54, 1.807) is 0 Å². The highest BCUT2D eigenvalue weighted by Gasteiger charge is 2.12. The van der Waals surface area contributed by atoms with Gasteiger partial charge in [-0.1, -0.05) is 36.7 Å². The molecule has 0 amide bonds. The summed E-state index contributed by atoms with van der Waals surface area (Å²) in [5, 5.41) is 3.97. The number of nitrogens with zero attached hydrogens (tertiary/aromatic N) is 2. The Balaban J connectivity index is 2.42. The van der Waals surface area contributed by atoms with Crippen LogP contribution in [0.4, 0.5) is 0 Å². The van der Waals surface area contributed by atoms with Crippen LogP contribution in [0.2, 0.25) is 0 Å². The van der Waals surface area contributed by atoms with Gasteiger partial charge in [0, 0.05) is 11.5 Å². The first kappa shape index (κ1) is 10.9. The maximum absolute atomic E-state index is 5.27. The quantitative estimate of drug-likeness (QED) is 0.771. The van der Waals surface area contributed by atoms with Gasteiger partial charge in [-0.05, 0) is 25.5 Å². The second-order valence-corrected chi connectivity index (χ2v) is 4.43. The van der Waals surface area contributed by atoms with Crippen LogP contribution in [-0.4, -0.2) is 10.1 Å². The number of hydrogen-bond donors (Lipinski definition) is 0. The van der Waals surface area contributed by atoms with Crippen molar-refractivity contribution in [2.24, 2.45) is 0 Å². The molecule has 0 fully saturated rings. The molecule has 2 aromatic rings. The zero-order chi connectivity index (χ0) is 11.7. The fourth-order valence-electron chi connectivity index (χ4n) is 1.63. The first-order valence-corrected chi connectivity index (χ1v) is 5.49. The summed E-state index contributed by atoms with van der Waals surface area (Å²) in [5.74, 6) is 1.67. The number of hydrogen-bond acceptors (Lipinski definition) is 3. The molecule has 1 aromatic heterocycles. The molecule has 0 saturated heterocycles. The van der Waals surface area contributed by atoms with Crippen molar-refractivity contribution in [1.29, 1.82) is 0 Å². The third-order valence-electron chi connectivity index (χ3n) is 2.57. The molecule has 0 saturated carbocycles. The van der Waals surface area contributed by atoms with Crippen LogP contribution in [0, 0.1) is 13.8 Å². The minimum absolute atomic E-state index is 0.295. The molecule has 1 heterocycles. The Kier molecular flexibility index (Phi) is 2.77. The summed E-state index contributed by atoms with van der Waals surface area (Å²) >= 11 is 0. The lowest BCUT2D eigenvalue weighted by Crippen LogP contribution is -1.90. The van der Waals surface area contributed by atoms with Crippen molar-refractivity contribution in [2.45, 2.75) is 33.6 Å². The van der Waals surface area contributed by atoms with Gasteiger partial charge in [-0.15, -0.1) is 0 Å². The SMILES string of the molecule is Cc1ccc(-c2nc(C(C)C)no2)c(C)c1. The highest BCUT2D eigenvalue weighted by atomic mass is 16.5. The Morgan fingerprint density at radius 2 is 1.94 bits per heavy atom. The van der Waals surface area contributed by atoms with Gasteiger partial charge in [0.15, 0.2) is 5.82 Å². The van der Waals surface area contributed by atoms with Crippen molar-refractivity contribution in [3.8, 4) is 11.5 Å². The van der Waals surface area contributed by atoms with Crippen molar-refractivity contribution in [1.82, 2.24) is 10.1 Å². The van der Waals surface area contributed by atoms with Crippen LogP contribution in [0.5, 0.6) is 0 Å². The Labute approximate surface area is 95.5 Å². The molecular formula is C13H16N2O. The van der Waals surface area contributed by atoms with Crippen LogP contribution < -0.4 is 0 Å². The Morgan fingerprint density at radius 1 is 1.19 bits per heavy atom. The van der Waals surface area contributed by atoms with Crippen molar-refractivity contribution in [2.75, 3.05) is 0 Å². The standard InChI is InChI=1S/C13H16N2O/c1-8(2)12-14-13(16-15-12)11-6-5-9(3)7-10(11)4/h5-8H,1-4H3. The van der Waals surface area contributed by atoms with Crippen molar-refractivity contribution in [3.05, 3.63) is 35.2 Å². The van der Waals surface area contributed by atoms with Gasteiger partial charge in [-0.25, -0.2) is 0 Å². The molecular weight excluding hydrogens is 200 g/mol. The Bertz CT molecular complexity index is 500. The van der Waals surface area contributed by atoms with Gasteiger partial charge in [0.2, 0.25) is 0 Å². The van der Waals surface area contributed by atoms with Gasteiger partial charge >= 0.3 is 0 Å². The van der Waals surface area contributed by atoms with Crippen molar-refractivity contribution >= 4 is 0 Å². The third-order valence-corrected chi connectivity index (χ3v) is 2.57. The minimum Gasteiger partial charge on any atom is -0.334 e. The van der Waals surface area contributed by atoms with E-state index in [1.807, 2.05) is 6.07 Å². The third kappa shape index (κ3) is 1.98. The van der Waals surface area contributed by atoms with Gasteiger partial charge < -0.3 is 4.52 Å². The molecule has 0 aliphatic rings. The smallest absolute Gasteiger partial charge is 0.258 e. The highest BCUT2D eigenvalue weighted by Crippen LogP contribution is 2.23. The molecule has 0 aliphatic carbocycles. The second kappa shape index (κ2) is 4.08. The highest BCUT2D eigenvalue weighted by molar-refractivity contribution is 5.58. The summed E-state index contributed by atoms with van der Waals surface area (Å²) in [6, 6.07) is 6.21. The average Bonchev–Trinajstić information content (AvgIpc) is 2.66. The predicted octanol–water partition coefficient (Wildman–Crippen LogP) is 3.48. The van der Waals surface area contributed by atoms with Gasteiger partial charge in [-0.2, -0.15) is 4.98 Å². The second-order valence-electron chi connectivity index (χ2n) is 4.43. The largest absolute Gasteiger partial charge is 0.334 e. The summed E-state index contributed by atoms with van der Waals surface area (Å²) in [6.07, 6.45) is 0. The van der Waals surface area contributed by atoms with E-state index in [9.17, 15) is 0 Å². The minimum atomic E-state index is 0.295. The average molecular weight is 216 g/mol. The van der Waals surface area contributed by atoms with Crippen LogP contribution in [0.25, 0.3) is 11.5 Å². The monoisotopic (exact) mass is 216 g/mol. The van der Waals surface area contributed by atoms with Gasteiger partial charge in [0.25, 0.3) is 5.89 Å². The number of aromatic nitrogens is 2. The fraction of sp³-hybridized carbons (Fsp3) is 0.385. The fourth-order valence-corrected chi connectivity index (χ4v) is 1.63. The molecule has 0 radical (unpaired) electrons. The molecule has 3 heteroatoms. The van der Waals surface area contributed by atoms with Crippen LogP contribution in [0.15, 0.2) is 22.7 Å². The van der Waals surface area contributed by atoms with E-state index in [0.717, 1.165) is 11.4 Å². The summed E-state index contributed by atoms with van der Waals surface area (Å²) < 4.78 is 5.27. The maximum atomic E-state index is 5.27. The normalized spacial score (nSPS) is 11.1. The van der Waals surface area contributed by atoms with E-state index < -0.39 is 0 Å². The summed E-state index contributed by atoms with van der Waals surface area (Å²) in [7, 11) is 0. The van der Waals surface area contributed by atoms with E-state index in [2.05, 4.69) is 50.0 Å². The molecule has 0 spiro atoms. The van der Waals surface area contributed by atoms with Crippen LogP contribution in [-0.2, 0) is 0 Å². The lowest BCUT2D eigenvalue weighted by molar-refractivity contribution is 0.419.